The molecule has 0 bridgehead atoms. The fourth-order valence-corrected chi connectivity index (χ4v) is 5.40. The first-order valence-corrected chi connectivity index (χ1v) is 13.4. The molecule has 3 aromatic rings. The molecule has 1 amide bonds. The molecule has 2 N–H and O–H groups in total. The van der Waals surface area contributed by atoms with Crippen LogP contribution in [0.2, 0.25) is 0 Å². The quantitative estimate of drug-likeness (QED) is 0.345. The second kappa shape index (κ2) is 13.3. The van der Waals surface area contributed by atoms with Crippen LogP contribution in [0.4, 0.5) is 4.79 Å². The lowest BCUT2D eigenvalue weighted by atomic mass is 10.0. The van der Waals surface area contributed by atoms with Gasteiger partial charge in [0.2, 0.25) is 10.0 Å². The van der Waals surface area contributed by atoms with Crippen molar-refractivity contribution in [2.24, 2.45) is 5.92 Å². The number of amides is 1. The first-order chi connectivity index (χ1) is 17.7. The Morgan fingerprint density at radius 2 is 1.73 bits per heavy atom. The van der Waals surface area contributed by atoms with Crippen molar-refractivity contribution in [2.75, 3.05) is 20.2 Å². The third-order valence-corrected chi connectivity index (χ3v) is 7.52. The summed E-state index contributed by atoms with van der Waals surface area (Å²) in [5, 5.41) is 13.9. The van der Waals surface area contributed by atoms with Crippen LogP contribution in [0.5, 0.6) is 5.75 Å². The van der Waals surface area contributed by atoms with E-state index >= 15 is 0 Å². The molecule has 9 nitrogen and oxygen atoms in total. The molecular formula is C27H34N2O7S. The number of alkyl carbamates (subject to hydrolysis) is 1. The first-order valence-electron chi connectivity index (χ1n) is 12.0. The summed E-state index contributed by atoms with van der Waals surface area (Å²) in [5.74, 6) is 0.538. The van der Waals surface area contributed by atoms with Crippen LogP contribution >= 0.6 is 0 Å². The van der Waals surface area contributed by atoms with E-state index in [0.29, 0.717) is 11.3 Å². The summed E-state index contributed by atoms with van der Waals surface area (Å²) in [6.07, 6.45) is 1.28. The predicted octanol–water partition coefficient (Wildman–Crippen LogP) is 3.83. The molecule has 0 fully saturated rings. The van der Waals surface area contributed by atoms with Gasteiger partial charge in [-0.25, -0.2) is 13.2 Å². The van der Waals surface area contributed by atoms with Crippen molar-refractivity contribution in [3.05, 3.63) is 84.3 Å². The highest BCUT2D eigenvalue weighted by Gasteiger charge is 2.31. The second-order valence-electron chi connectivity index (χ2n) is 9.11. The number of nitrogens with one attached hydrogen (secondary N) is 1. The van der Waals surface area contributed by atoms with Gasteiger partial charge in [0.05, 0.1) is 36.7 Å². The van der Waals surface area contributed by atoms with Crippen molar-refractivity contribution in [1.29, 1.82) is 0 Å². The topological polar surface area (TPSA) is 118 Å². The lowest BCUT2D eigenvalue weighted by Crippen LogP contribution is -2.51. The summed E-state index contributed by atoms with van der Waals surface area (Å²) in [6, 6.07) is 16.3. The van der Waals surface area contributed by atoms with Gasteiger partial charge < -0.3 is 24.3 Å². The molecule has 0 aliphatic rings. The number of nitrogens with zero attached hydrogens (tertiary/aromatic N) is 1. The van der Waals surface area contributed by atoms with Crippen LogP contribution in [-0.4, -0.2) is 56.3 Å². The Bertz CT molecular complexity index is 1200. The molecular weight excluding hydrogens is 496 g/mol. The minimum atomic E-state index is -3.93. The Balaban J connectivity index is 1.79. The highest BCUT2D eigenvalue weighted by atomic mass is 32.2. The monoisotopic (exact) mass is 530 g/mol. The zero-order valence-corrected chi connectivity index (χ0v) is 22.1. The number of ether oxygens (including phenoxy) is 2. The maximum atomic E-state index is 13.5. The number of hydrogen-bond acceptors (Lipinski definition) is 7. The van der Waals surface area contributed by atoms with E-state index in [-0.39, 0.29) is 36.9 Å². The third kappa shape index (κ3) is 8.34. The predicted molar refractivity (Wildman–Crippen MR) is 139 cm³/mol. The molecule has 2 atom stereocenters. The fraction of sp³-hybridized carbons (Fsp3) is 0.370. The van der Waals surface area contributed by atoms with Crippen LogP contribution in [0, 0.1) is 5.92 Å². The highest BCUT2D eigenvalue weighted by molar-refractivity contribution is 7.89. The van der Waals surface area contributed by atoms with Gasteiger partial charge in [0.1, 0.15) is 12.4 Å². The number of carbonyl (C=O) groups is 1. The van der Waals surface area contributed by atoms with Crippen LogP contribution in [0.3, 0.4) is 0 Å². The van der Waals surface area contributed by atoms with E-state index in [1.54, 1.807) is 18.2 Å². The molecule has 0 spiro atoms. The molecule has 3 rings (SSSR count). The van der Waals surface area contributed by atoms with Gasteiger partial charge in [-0.15, -0.1) is 0 Å². The average molecular weight is 531 g/mol. The highest BCUT2D eigenvalue weighted by Crippen LogP contribution is 2.22. The molecule has 2 aromatic carbocycles. The van der Waals surface area contributed by atoms with Crippen molar-refractivity contribution >= 4 is 16.1 Å². The Hall–Kier alpha value is -3.34. The van der Waals surface area contributed by atoms with Crippen LogP contribution in [0.1, 0.15) is 25.0 Å². The number of aliphatic hydroxyl groups is 1. The molecule has 200 valence electrons. The van der Waals surface area contributed by atoms with Gasteiger partial charge in [0.25, 0.3) is 0 Å². The summed E-state index contributed by atoms with van der Waals surface area (Å²) >= 11 is 0. The van der Waals surface area contributed by atoms with Gasteiger partial charge in [-0.1, -0.05) is 44.2 Å². The van der Waals surface area contributed by atoms with Gasteiger partial charge in [0.15, 0.2) is 0 Å². The zero-order chi connectivity index (χ0) is 26.8. The molecule has 2 unspecified atom stereocenters. The van der Waals surface area contributed by atoms with Gasteiger partial charge in [-0.05, 0) is 48.2 Å². The maximum absolute atomic E-state index is 13.5. The van der Waals surface area contributed by atoms with E-state index in [1.807, 2.05) is 44.2 Å². The Morgan fingerprint density at radius 1 is 1.03 bits per heavy atom. The van der Waals surface area contributed by atoms with E-state index in [2.05, 4.69) is 5.32 Å². The van der Waals surface area contributed by atoms with Crippen molar-refractivity contribution in [3.63, 3.8) is 0 Å². The molecule has 0 radical (unpaired) electrons. The van der Waals surface area contributed by atoms with E-state index in [9.17, 15) is 18.3 Å². The number of methoxy groups -OCH3 is 1. The minimum absolute atomic E-state index is 0.000631. The van der Waals surface area contributed by atoms with E-state index in [4.69, 9.17) is 13.9 Å². The van der Waals surface area contributed by atoms with Crippen LogP contribution < -0.4 is 10.1 Å². The van der Waals surface area contributed by atoms with Crippen molar-refractivity contribution < 1.29 is 32.2 Å². The smallest absolute Gasteiger partial charge is 0.407 e. The van der Waals surface area contributed by atoms with E-state index < -0.39 is 28.3 Å². The number of rotatable bonds is 13. The molecule has 1 heterocycles. The summed E-state index contributed by atoms with van der Waals surface area (Å²) in [7, 11) is -2.42. The second-order valence-corrected chi connectivity index (χ2v) is 11.0. The Labute approximate surface area is 218 Å². The molecule has 1 aromatic heterocycles. The number of aliphatic hydroxyl groups excluding tert-OH is 1. The number of benzene rings is 2. The Kier molecular flexibility index (Phi) is 10.1. The van der Waals surface area contributed by atoms with Crippen molar-refractivity contribution in [2.45, 2.75) is 43.9 Å². The number of carbonyl (C=O) groups excluding carboxylic acids is 1. The largest absolute Gasteiger partial charge is 0.497 e. The van der Waals surface area contributed by atoms with Crippen LogP contribution in [-0.2, 0) is 27.8 Å². The third-order valence-electron chi connectivity index (χ3n) is 5.67. The average Bonchev–Trinajstić information content (AvgIpc) is 3.41. The fourth-order valence-electron chi connectivity index (χ4n) is 3.78. The van der Waals surface area contributed by atoms with Gasteiger partial charge in [-0.2, -0.15) is 4.31 Å². The molecule has 10 heteroatoms. The molecule has 0 saturated heterocycles. The van der Waals surface area contributed by atoms with Crippen molar-refractivity contribution in [3.8, 4) is 5.75 Å². The Morgan fingerprint density at radius 3 is 2.32 bits per heavy atom. The minimum Gasteiger partial charge on any atom is -0.497 e. The molecule has 0 aliphatic carbocycles. The van der Waals surface area contributed by atoms with E-state index in [0.717, 1.165) is 5.56 Å². The maximum Gasteiger partial charge on any atom is 0.407 e. The lowest BCUT2D eigenvalue weighted by molar-refractivity contribution is 0.0872. The first kappa shape index (κ1) is 28.2. The van der Waals surface area contributed by atoms with Crippen molar-refractivity contribution in [1.82, 2.24) is 9.62 Å². The van der Waals surface area contributed by atoms with Gasteiger partial charge in [-0.3, -0.25) is 0 Å². The summed E-state index contributed by atoms with van der Waals surface area (Å²) in [4.78, 5) is 12.7. The number of sulfonamides is 1. The summed E-state index contributed by atoms with van der Waals surface area (Å²) in [5.41, 5.74) is 1.55. The SMILES string of the molecule is COc1ccc(S(=O)(=O)N(CC(C)C)CC(O)C(Cc2ccccc2)NC(=O)OCc2ccoc2)cc1. The van der Waals surface area contributed by atoms with Crippen LogP contribution in [0.25, 0.3) is 0 Å². The molecule has 0 saturated carbocycles. The standard InChI is InChI=1S/C27H34N2O7S/c1-20(2)16-29(37(32,33)24-11-9-23(34-3)10-12-24)17-26(30)25(15-21-7-5-4-6-8-21)28-27(31)36-19-22-13-14-35-18-22/h4-14,18,20,25-26,30H,15-17,19H2,1-3H3,(H,28,31). The lowest BCUT2D eigenvalue weighted by Gasteiger charge is -2.30. The molecule has 37 heavy (non-hydrogen) atoms. The van der Waals surface area contributed by atoms with Gasteiger partial charge in [0, 0.05) is 18.7 Å². The van der Waals surface area contributed by atoms with E-state index in [1.165, 1.54) is 36.1 Å². The normalized spacial score (nSPS) is 13.4. The summed E-state index contributed by atoms with van der Waals surface area (Å²) < 4.78 is 43.6. The van der Waals surface area contributed by atoms with Gasteiger partial charge >= 0.3 is 6.09 Å². The van der Waals surface area contributed by atoms with Crippen LogP contribution in [0.15, 0.2) is 82.5 Å². The number of hydrogen-bond donors (Lipinski definition) is 2. The zero-order valence-electron chi connectivity index (χ0n) is 21.2. The molecule has 0 aliphatic heterocycles. The number of furan rings is 1. The summed E-state index contributed by atoms with van der Waals surface area (Å²) in [6.45, 7) is 3.77.